The van der Waals surface area contributed by atoms with E-state index in [-0.39, 0.29) is 37.7 Å². The molecule has 1 aromatic carbocycles. The van der Waals surface area contributed by atoms with Crippen molar-refractivity contribution < 1.29 is 24.2 Å². The minimum Gasteiger partial charge on any atom is -0.493 e. The molecule has 0 atom stereocenters. The number of aliphatic hydroxyl groups excluding tert-OH is 1. The minimum atomic E-state index is -0.307. The van der Waals surface area contributed by atoms with Gasteiger partial charge >= 0.3 is 0 Å². The predicted octanol–water partition coefficient (Wildman–Crippen LogP) is 0.361. The van der Waals surface area contributed by atoms with Crippen molar-refractivity contribution in [3.8, 4) is 11.5 Å². The van der Waals surface area contributed by atoms with Gasteiger partial charge in [-0.25, -0.2) is 5.84 Å². The second-order valence-corrected chi connectivity index (χ2v) is 4.37. The van der Waals surface area contributed by atoms with Crippen LogP contribution in [0.3, 0.4) is 0 Å². The summed E-state index contributed by atoms with van der Waals surface area (Å²) >= 11 is 0. The highest BCUT2D eigenvalue weighted by atomic mass is 16.5. The smallest absolute Gasteiger partial charge is 0.236 e. The number of hydrazine groups is 1. The molecule has 1 aromatic rings. The summed E-state index contributed by atoms with van der Waals surface area (Å²) in [5.74, 6) is 5.64. The van der Waals surface area contributed by atoms with Gasteiger partial charge in [0.25, 0.3) is 0 Å². The molecule has 7 nitrogen and oxygen atoms in total. The molecule has 0 bridgehead atoms. The van der Waals surface area contributed by atoms with Gasteiger partial charge in [-0.05, 0) is 18.2 Å². The standard InChI is InChI=1S/C14H20N2O5/c1-16(15)14(19)6-4-11(18)10-3-5-12(21-8-7-17)13(9-10)20-2/h3,5,9,17H,4,6-8,15H2,1-2H3. The Morgan fingerprint density at radius 1 is 1.29 bits per heavy atom. The summed E-state index contributed by atoms with van der Waals surface area (Å²) in [6.07, 6.45) is 0.122. The molecule has 21 heavy (non-hydrogen) atoms. The van der Waals surface area contributed by atoms with Crippen LogP contribution in [-0.4, -0.2) is 49.2 Å². The number of aliphatic hydroxyl groups is 1. The lowest BCUT2D eigenvalue weighted by molar-refractivity contribution is -0.130. The molecule has 0 saturated heterocycles. The number of amides is 1. The van der Waals surface area contributed by atoms with Crippen LogP contribution in [0.1, 0.15) is 23.2 Å². The molecular weight excluding hydrogens is 276 g/mol. The quantitative estimate of drug-likeness (QED) is 0.311. The molecule has 1 rings (SSSR count). The molecule has 0 spiro atoms. The van der Waals surface area contributed by atoms with Gasteiger partial charge in [-0.3, -0.25) is 14.6 Å². The van der Waals surface area contributed by atoms with Crippen LogP contribution in [0.25, 0.3) is 0 Å². The van der Waals surface area contributed by atoms with Crippen LogP contribution >= 0.6 is 0 Å². The summed E-state index contributed by atoms with van der Waals surface area (Å²) in [5, 5.41) is 9.69. The molecule has 0 aliphatic heterocycles. The molecule has 0 aliphatic rings. The number of Topliss-reactive ketones (excluding diaryl/α,β-unsaturated/α-hetero) is 1. The summed E-state index contributed by atoms with van der Waals surface area (Å²) in [5.41, 5.74) is 0.427. The molecule has 1 amide bonds. The van der Waals surface area contributed by atoms with Crippen LogP contribution in [0, 0.1) is 0 Å². The molecule has 3 N–H and O–H groups in total. The summed E-state index contributed by atoms with van der Waals surface area (Å²) in [6, 6.07) is 4.73. The molecular formula is C14H20N2O5. The summed E-state index contributed by atoms with van der Waals surface area (Å²) < 4.78 is 10.4. The molecule has 7 heteroatoms. The maximum absolute atomic E-state index is 12.0. The molecule has 0 heterocycles. The zero-order chi connectivity index (χ0) is 15.8. The van der Waals surface area contributed by atoms with Crippen molar-refractivity contribution in [3.05, 3.63) is 23.8 Å². The van der Waals surface area contributed by atoms with Crippen molar-refractivity contribution >= 4 is 11.7 Å². The average Bonchev–Trinajstić information content (AvgIpc) is 2.49. The maximum Gasteiger partial charge on any atom is 0.236 e. The Bertz CT molecular complexity index is 502. The van der Waals surface area contributed by atoms with Crippen molar-refractivity contribution in [2.24, 2.45) is 5.84 Å². The van der Waals surface area contributed by atoms with Crippen LogP contribution < -0.4 is 15.3 Å². The fourth-order valence-electron chi connectivity index (χ4n) is 1.66. The van der Waals surface area contributed by atoms with Gasteiger partial charge in [0.2, 0.25) is 5.91 Å². The lowest BCUT2D eigenvalue weighted by Gasteiger charge is -2.12. The van der Waals surface area contributed by atoms with Gasteiger partial charge < -0.3 is 14.6 Å². The van der Waals surface area contributed by atoms with Crippen molar-refractivity contribution in [1.82, 2.24) is 5.01 Å². The zero-order valence-corrected chi connectivity index (χ0v) is 12.2. The van der Waals surface area contributed by atoms with E-state index in [2.05, 4.69) is 0 Å². The number of nitrogens with zero attached hydrogens (tertiary/aromatic N) is 1. The van der Waals surface area contributed by atoms with Crippen molar-refractivity contribution in [1.29, 1.82) is 0 Å². The number of ether oxygens (including phenoxy) is 2. The molecule has 0 aromatic heterocycles. The lowest BCUT2D eigenvalue weighted by atomic mass is 10.1. The van der Waals surface area contributed by atoms with E-state index < -0.39 is 0 Å². The third-order valence-corrected chi connectivity index (χ3v) is 2.79. The first-order chi connectivity index (χ1) is 9.99. The number of ketones is 1. The molecule has 0 aliphatic carbocycles. The fraction of sp³-hybridized carbons (Fsp3) is 0.429. The number of nitrogens with two attached hydrogens (primary N) is 1. The normalized spacial score (nSPS) is 10.1. The number of methoxy groups -OCH3 is 1. The summed E-state index contributed by atoms with van der Waals surface area (Å²) in [7, 11) is 2.89. The van der Waals surface area contributed by atoms with Crippen LogP contribution in [0.2, 0.25) is 0 Å². The van der Waals surface area contributed by atoms with E-state index in [4.69, 9.17) is 20.4 Å². The van der Waals surface area contributed by atoms with Crippen LogP contribution in [0.15, 0.2) is 18.2 Å². The van der Waals surface area contributed by atoms with E-state index in [1.54, 1.807) is 18.2 Å². The Hall–Kier alpha value is -2.12. The van der Waals surface area contributed by atoms with Gasteiger partial charge in [0.15, 0.2) is 17.3 Å². The van der Waals surface area contributed by atoms with Crippen LogP contribution in [-0.2, 0) is 4.79 Å². The molecule has 0 fully saturated rings. The Labute approximate surface area is 123 Å². The first-order valence-corrected chi connectivity index (χ1v) is 6.45. The Morgan fingerprint density at radius 2 is 2.00 bits per heavy atom. The predicted molar refractivity (Wildman–Crippen MR) is 76.1 cm³/mol. The van der Waals surface area contributed by atoms with Gasteiger partial charge in [0.05, 0.1) is 13.7 Å². The number of hydrogen-bond donors (Lipinski definition) is 2. The van der Waals surface area contributed by atoms with Crippen molar-refractivity contribution in [2.45, 2.75) is 12.8 Å². The van der Waals surface area contributed by atoms with E-state index >= 15 is 0 Å². The largest absolute Gasteiger partial charge is 0.493 e. The fourth-order valence-corrected chi connectivity index (χ4v) is 1.66. The summed E-state index contributed by atoms with van der Waals surface area (Å²) in [4.78, 5) is 23.4. The third kappa shape index (κ3) is 5.05. The summed E-state index contributed by atoms with van der Waals surface area (Å²) in [6.45, 7) is 0.0273. The highest BCUT2D eigenvalue weighted by Gasteiger charge is 2.13. The van der Waals surface area contributed by atoms with E-state index in [0.29, 0.717) is 17.1 Å². The Kier molecular flexibility index (Phi) is 6.64. The van der Waals surface area contributed by atoms with Gasteiger partial charge in [0, 0.05) is 25.5 Å². The van der Waals surface area contributed by atoms with Gasteiger partial charge in [-0.2, -0.15) is 0 Å². The highest BCUT2D eigenvalue weighted by molar-refractivity contribution is 5.98. The van der Waals surface area contributed by atoms with E-state index in [1.165, 1.54) is 14.2 Å². The van der Waals surface area contributed by atoms with Gasteiger partial charge in [0.1, 0.15) is 6.61 Å². The second-order valence-electron chi connectivity index (χ2n) is 4.37. The lowest BCUT2D eigenvalue weighted by Crippen LogP contribution is -2.33. The van der Waals surface area contributed by atoms with Gasteiger partial charge in [-0.1, -0.05) is 0 Å². The zero-order valence-electron chi connectivity index (χ0n) is 12.2. The first kappa shape index (κ1) is 16.9. The maximum atomic E-state index is 12.0. The highest BCUT2D eigenvalue weighted by Crippen LogP contribution is 2.28. The van der Waals surface area contributed by atoms with Crippen LogP contribution in [0.5, 0.6) is 11.5 Å². The van der Waals surface area contributed by atoms with Crippen molar-refractivity contribution in [3.63, 3.8) is 0 Å². The number of carbonyl (C=O) groups is 2. The topological polar surface area (TPSA) is 102 Å². The van der Waals surface area contributed by atoms with E-state index in [9.17, 15) is 9.59 Å². The number of hydrogen-bond acceptors (Lipinski definition) is 6. The van der Waals surface area contributed by atoms with Crippen molar-refractivity contribution in [2.75, 3.05) is 27.4 Å². The molecule has 0 saturated carbocycles. The van der Waals surface area contributed by atoms with Crippen LogP contribution in [0.4, 0.5) is 0 Å². The Morgan fingerprint density at radius 3 is 2.57 bits per heavy atom. The third-order valence-electron chi connectivity index (χ3n) is 2.79. The molecule has 0 unspecified atom stereocenters. The average molecular weight is 296 g/mol. The molecule has 0 radical (unpaired) electrons. The number of benzene rings is 1. The minimum absolute atomic E-state index is 0.0525. The van der Waals surface area contributed by atoms with E-state index in [0.717, 1.165) is 5.01 Å². The van der Waals surface area contributed by atoms with Gasteiger partial charge in [-0.15, -0.1) is 0 Å². The first-order valence-electron chi connectivity index (χ1n) is 6.45. The molecule has 116 valence electrons. The monoisotopic (exact) mass is 296 g/mol. The Balaban J connectivity index is 2.74. The SMILES string of the molecule is COc1cc(C(=O)CCC(=O)N(C)N)ccc1OCCO. The second kappa shape index (κ2) is 8.23. The number of rotatable bonds is 8. The number of carbonyl (C=O) groups excluding carboxylic acids is 2. The van der Waals surface area contributed by atoms with E-state index in [1.807, 2.05) is 0 Å².